The number of amides is 1. The molecule has 1 aliphatic carbocycles. The van der Waals surface area contributed by atoms with Gasteiger partial charge in [0, 0.05) is 13.6 Å². The molecule has 0 atom stereocenters. The van der Waals surface area contributed by atoms with Gasteiger partial charge in [-0.1, -0.05) is 19.3 Å². The molecule has 1 aromatic heterocycles. The van der Waals surface area contributed by atoms with Crippen LogP contribution in [0.15, 0.2) is 21.4 Å². The first-order valence-corrected chi connectivity index (χ1v) is 6.96. The number of hydrogen-bond acceptors (Lipinski definition) is 2. The molecule has 0 aliphatic heterocycles. The van der Waals surface area contributed by atoms with Gasteiger partial charge in [-0.05, 0) is 40.8 Å². The highest BCUT2D eigenvalue weighted by atomic mass is 79.9. The van der Waals surface area contributed by atoms with Gasteiger partial charge in [-0.2, -0.15) is 0 Å². The van der Waals surface area contributed by atoms with Crippen molar-refractivity contribution in [2.75, 3.05) is 13.6 Å². The molecule has 1 aliphatic rings. The zero-order valence-electron chi connectivity index (χ0n) is 10.1. The molecule has 1 amide bonds. The lowest BCUT2D eigenvalue weighted by Crippen LogP contribution is -2.32. The monoisotopic (exact) mass is 299 g/mol. The molecule has 1 aromatic rings. The molecule has 0 N–H and O–H groups in total. The van der Waals surface area contributed by atoms with Crippen molar-refractivity contribution in [3.05, 3.63) is 22.6 Å². The Labute approximate surface area is 110 Å². The Hall–Kier alpha value is -0.770. The van der Waals surface area contributed by atoms with Gasteiger partial charge in [0.15, 0.2) is 4.67 Å². The number of carbonyl (C=O) groups is 1. The van der Waals surface area contributed by atoms with E-state index >= 15 is 0 Å². The van der Waals surface area contributed by atoms with Gasteiger partial charge in [-0.3, -0.25) is 4.79 Å². The Morgan fingerprint density at radius 3 is 2.76 bits per heavy atom. The Bertz CT molecular complexity index is 383. The highest BCUT2D eigenvalue weighted by Crippen LogP contribution is 2.25. The lowest BCUT2D eigenvalue weighted by Gasteiger charge is -2.26. The van der Waals surface area contributed by atoms with Gasteiger partial charge < -0.3 is 9.32 Å². The van der Waals surface area contributed by atoms with Crippen LogP contribution in [0.1, 0.15) is 42.5 Å². The number of rotatable bonds is 3. The number of hydrogen-bond donors (Lipinski definition) is 0. The molecule has 0 saturated heterocycles. The average Bonchev–Trinajstić information content (AvgIpc) is 2.76. The van der Waals surface area contributed by atoms with E-state index in [0.717, 1.165) is 6.54 Å². The molecule has 0 spiro atoms. The molecule has 0 bridgehead atoms. The number of nitrogens with zero attached hydrogens (tertiary/aromatic N) is 1. The highest BCUT2D eigenvalue weighted by molar-refractivity contribution is 9.10. The molecule has 3 nitrogen and oxygen atoms in total. The fourth-order valence-corrected chi connectivity index (χ4v) is 2.90. The van der Waals surface area contributed by atoms with Crippen LogP contribution < -0.4 is 0 Å². The normalized spacial score (nSPS) is 17.1. The van der Waals surface area contributed by atoms with E-state index < -0.39 is 0 Å². The van der Waals surface area contributed by atoms with Gasteiger partial charge in [-0.25, -0.2) is 0 Å². The molecule has 1 saturated carbocycles. The van der Waals surface area contributed by atoms with Crippen molar-refractivity contribution in [1.82, 2.24) is 4.90 Å². The third-order valence-corrected chi connectivity index (χ3v) is 4.07. The van der Waals surface area contributed by atoms with Crippen LogP contribution in [0, 0.1) is 5.92 Å². The quantitative estimate of drug-likeness (QED) is 0.853. The Kier molecular flexibility index (Phi) is 4.26. The molecular weight excluding hydrogens is 282 g/mol. The van der Waals surface area contributed by atoms with Crippen LogP contribution in [-0.4, -0.2) is 24.4 Å². The second-order valence-electron chi connectivity index (χ2n) is 4.80. The van der Waals surface area contributed by atoms with Crippen LogP contribution in [-0.2, 0) is 0 Å². The van der Waals surface area contributed by atoms with Crippen molar-refractivity contribution < 1.29 is 9.21 Å². The Morgan fingerprint density at radius 2 is 2.18 bits per heavy atom. The Morgan fingerprint density at radius 1 is 1.47 bits per heavy atom. The molecule has 2 rings (SSSR count). The summed E-state index contributed by atoms with van der Waals surface area (Å²) >= 11 is 3.25. The molecule has 17 heavy (non-hydrogen) atoms. The van der Waals surface area contributed by atoms with E-state index in [2.05, 4.69) is 15.9 Å². The molecule has 94 valence electrons. The lowest BCUT2D eigenvalue weighted by molar-refractivity contribution is 0.0758. The fraction of sp³-hybridized carbons (Fsp3) is 0.615. The average molecular weight is 300 g/mol. The summed E-state index contributed by atoms with van der Waals surface area (Å²) in [4.78, 5) is 13.9. The maximum absolute atomic E-state index is 12.1. The van der Waals surface area contributed by atoms with Gasteiger partial charge in [0.25, 0.3) is 5.91 Å². The molecule has 0 aromatic carbocycles. The van der Waals surface area contributed by atoms with Crippen LogP contribution in [0.5, 0.6) is 0 Å². The van der Waals surface area contributed by atoms with Crippen LogP contribution in [0.2, 0.25) is 0 Å². The summed E-state index contributed by atoms with van der Waals surface area (Å²) in [6.07, 6.45) is 8.01. The van der Waals surface area contributed by atoms with E-state index in [9.17, 15) is 4.79 Å². The van der Waals surface area contributed by atoms with E-state index in [1.807, 2.05) is 11.9 Å². The second-order valence-corrected chi connectivity index (χ2v) is 5.52. The zero-order chi connectivity index (χ0) is 12.3. The molecule has 0 radical (unpaired) electrons. The number of carbonyl (C=O) groups excluding carboxylic acids is 1. The van der Waals surface area contributed by atoms with Crippen LogP contribution in [0.3, 0.4) is 0 Å². The van der Waals surface area contributed by atoms with E-state index in [-0.39, 0.29) is 5.91 Å². The third-order valence-electron chi connectivity index (χ3n) is 3.45. The van der Waals surface area contributed by atoms with Crippen LogP contribution in [0.25, 0.3) is 0 Å². The maximum Gasteiger partial charge on any atom is 0.258 e. The second kappa shape index (κ2) is 5.71. The van der Waals surface area contributed by atoms with E-state index in [4.69, 9.17) is 4.42 Å². The van der Waals surface area contributed by atoms with Gasteiger partial charge >= 0.3 is 0 Å². The van der Waals surface area contributed by atoms with Crippen LogP contribution >= 0.6 is 15.9 Å². The topological polar surface area (TPSA) is 33.5 Å². The SMILES string of the molecule is CN(CC1CCCCC1)C(=O)c1ccoc1Br. The van der Waals surface area contributed by atoms with Crippen molar-refractivity contribution in [3.63, 3.8) is 0 Å². The smallest absolute Gasteiger partial charge is 0.258 e. The standard InChI is InChI=1S/C13H18BrNO2/c1-15(9-10-5-3-2-4-6-10)13(16)11-7-8-17-12(11)14/h7-8,10H,2-6,9H2,1H3. The zero-order valence-corrected chi connectivity index (χ0v) is 11.7. The van der Waals surface area contributed by atoms with Crippen molar-refractivity contribution >= 4 is 21.8 Å². The molecule has 0 unspecified atom stereocenters. The Balaban J connectivity index is 1.93. The predicted molar refractivity (Wildman–Crippen MR) is 69.9 cm³/mol. The first-order chi connectivity index (χ1) is 8.18. The summed E-state index contributed by atoms with van der Waals surface area (Å²) in [6.45, 7) is 0.858. The largest absolute Gasteiger partial charge is 0.457 e. The van der Waals surface area contributed by atoms with Gasteiger partial charge in [0.2, 0.25) is 0 Å². The minimum absolute atomic E-state index is 0.0381. The summed E-state index contributed by atoms with van der Waals surface area (Å²) in [7, 11) is 1.87. The first kappa shape index (κ1) is 12.7. The van der Waals surface area contributed by atoms with E-state index in [0.29, 0.717) is 16.2 Å². The van der Waals surface area contributed by atoms with Crippen molar-refractivity contribution in [1.29, 1.82) is 0 Å². The lowest BCUT2D eigenvalue weighted by atomic mass is 9.89. The predicted octanol–water partition coefficient (Wildman–Crippen LogP) is 3.69. The van der Waals surface area contributed by atoms with Crippen molar-refractivity contribution in [2.24, 2.45) is 5.92 Å². The van der Waals surface area contributed by atoms with Crippen LogP contribution in [0.4, 0.5) is 0 Å². The summed E-state index contributed by atoms with van der Waals surface area (Å²) in [6, 6.07) is 1.71. The van der Waals surface area contributed by atoms with Gasteiger partial charge in [0.05, 0.1) is 11.8 Å². The summed E-state index contributed by atoms with van der Waals surface area (Å²) < 4.78 is 5.62. The van der Waals surface area contributed by atoms with Gasteiger partial charge in [0.1, 0.15) is 0 Å². The summed E-state index contributed by atoms with van der Waals surface area (Å²) in [5.41, 5.74) is 0.614. The molecular formula is C13H18BrNO2. The maximum atomic E-state index is 12.1. The first-order valence-electron chi connectivity index (χ1n) is 6.17. The molecule has 1 heterocycles. The highest BCUT2D eigenvalue weighted by Gasteiger charge is 2.21. The third kappa shape index (κ3) is 3.12. The van der Waals surface area contributed by atoms with Gasteiger partial charge in [-0.15, -0.1) is 0 Å². The van der Waals surface area contributed by atoms with Crippen molar-refractivity contribution in [2.45, 2.75) is 32.1 Å². The molecule has 1 fully saturated rings. The molecule has 4 heteroatoms. The summed E-state index contributed by atoms with van der Waals surface area (Å²) in [5, 5.41) is 0. The number of halogens is 1. The van der Waals surface area contributed by atoms with Crippen molar-refractivity contribution in [3.8, 4) is 0 Å². The minimum Gasteiger partial charge on any atom is -0.457 e. The van der Waals surface area contributed by atoms with E-state index in [1.54, 1.807) is 6.07 Å². The fourth-order valence-electron chi connectivity index (χ4n) is 2.49. The van der Waals surface area contributed by atoms with E-state index in [1.165, 1.54) is 38.4 Å². The summed E-state index contributed by atoms with van der Waals surface area (Å²) in [5.74, 6) is 0.708. The number of furan rings is 1. The minimum atomic E-state index is 0.0381.